The summed E-state index contributed by atoms with van der Waals surface area (Å²) in [5, 5.41) is 1.39. The normalized spacial score (nSPS) is 11.0. The lowest BCUT2D eigenvalue weighted by Crippen LogP contribution is -2.30. The molecule has 0 unspecified atom stereocenters. The molecule has 5 heteroatoms. The molecule has 0 saturated heterocycles. The van der Waals surface area contributed by atoms with Crippen molar-refractivity contribution in [2.75, 3.05) is 7.05 Å². The van der Waals surface area contributed by atoms with Gasteiger partial charge in [-0.05, 0) is 29.8 Å². The lowest BCUT2D eigenvalue weighted by atomic mass is 10.1. The maximum absolute atomic E-state index is 12.8. The van der Waals surface area contributed by atoms with Crippen LogP contribution in [0.3, 0.4) is 0 Å². The van der Waals surface area contributed by atoms with Gasteiger partial charge in [0.15, 0.2) is 0 Å². The first-order valence-electron chi connectivity index (χ1n) is 8.24. The monoisotopic (exact) mass is 344 g/mol. The fourth-order valence-electron chi connectivity index (χ4n) is 3.05. The summed E-state index contributed by atoms with van der Waals surface area (Å²) in [5.74, 6) is -0.370. The number of hydrogen-bond acceptors (Lipinski definition) is 4. The van der Waals surface area contributed by atoms with E-state index in [9.17, 15) is 9.59 Å². The summed E-state index contributed by atoms with van der Waals surface area (Å²) in [6, 6.07) is 16.6. The van der Waals surface area contributed by atoms with Crippen LogP contribution in [0.5, 0.6) is 0 Å². The second kappa shape index (κ2) is 6.44. The summed E-state index contributed by atoms with van der Waals surface area (Å²) in [7, 11) is 1.67. The second-order valence-electron chi connectivity index (χ2n) is 6.12. The average Bonchev–Trinajstić information content (AvgIpc) is 2.68. The zero-order valence-electron chi connectivity index (χ0n) is 14.2. The first kappa shape index (κ1) is 16.0. The van der Waals surface area contributed by atoms with E-state index in [-0.39, 0.29) is 16.9 Å². The van der Waals surface area contributed by atoms with E-state index in [1.807, 2.05) is 30.3 Å². The molecule has 0 aliphatic rings. The number of benzene rings is 2. The molecule has 0 N–H and O–H groups in total. The highest BCUT2D eigenvalue weighted by Crippen LogP contribution is 2.18. The first-order valence-corrected chi connectivity index (χ1v) is 8.24. The third-order valence-electron chi connectivity index (χ3n) is 4.40. The van der Waals surface area contributed by atoms with Gasteiger partial charge in [-0.25, -0.2) is 0 Å². The Morgan fingerprint density at radius 3 is 2.62 bits per heavy atom. The van der Waals surface area contributed by atoms with Crippen molar-refractivity contribution in [3.05, 3.63) is 88.4 Å². The molecule has 5 nitrogen and oxygen atoms in total. The van der Waals surface area contributed by atoms with E-state index in [1.165, 1.54) is 11.2 Å². The Bertz CT molecular complexity index is 1180. The van der Waals surface area contributed by atoms with Gasteiger partial charge in [0.25, 0.3) is 5.91 Å². The van der Waals surface area contributed by atoms with E-state index in [0.717, 1.165) is 16.5 Å². The van der Waals surface area contributed by atoms with Gasteiger partial charge in [-0.2, -0.15) is 0 Å². The SMILES string of the molecule is CN(Cc1ccnc2ccccc12)C(=O)c1coc2ccccc2c1=O. The first-order chi connectivity index (χ1) is 12.6. The predicted molar refractivity (Wildman–Crippen MR) is 100 cm³/mol. The minimum absolute atomic E-state index is 0.0320. The number of amides is 1. The van der Waals surface area contributed by atoms with Crippen LogP contribution in [0.4, 0.5) is 0 Å². The maximum Gasteiger partial charge on any atom is 0.261 e. The summed E-state index contributed by atoms with van der Waals surface area (Å²) in [6.45, 7) is 0.369. The van der Waals surface area contributed by atoms with Crippen LogP contribution in [0, 0.1) is 0 Å². The molecule has 4 rings (SSSR count). The van der Waals surface area contributed by atoms with Crippen LogP contribution in [-0.4, -0.2) is 22.8 Å². The highest BCUT2D eigenvalue weighted by Gasteiger charge is 2.19. The third-order valence-corrected chi connectivity index (χ3v) is 4.40. The molecule has 128 valence electrons. The van der Waals surface area contributed by atoms with Crippen molar-refractivity contribution in [3.8, 4) is 0 Å². The summed E-state index contributed by atoms with van der Waals surface area (Å²) >= 11 is 0. The number of para-hydroxylation sites is 2. The van der Waals surface area contributed by atoms with Gasteiger partial charge in [-0.1, -0.05) is 30.3 Å². The van der Waals surface area contributed by atoms with Gasteiger partial charge in [0.1, 0.15) is 17.4 Å². The molecular formula is C21H16N2O3. The number of fused-ring (bicyclic) bond motifs is 2. The number of rotatable bonds is 3. The third kappa shape index (κ3) is 2.73. The Kier molecular flexibility index (Phi) is 3.97. The van der Waals surface area contributed by atoms with Crippen molar-refractivity contribution in [3.63, 3.8) is 0 Å². The van der Waals surface area contributed by atoms with Crippen LogP contribution < -0.4 is 5.43 Å². The molecule has 2 aromatic carbocycles. The van der Waals surface area contributed by atoms with E-state index in [4.69, 9.17) is 4.42 Å². The van der Waals surface area contributed by atoms with Gasteiger partial charge in [-0.3, -0.25) is 14.6 Å². The Hall–Kier alpha value is -3.47. The smallest absolute Gasteiger partial charge is 0.261 e. The Labute approximate surface area is 149 Å². The highest BCUT2D eigenvalue weighted by atomic mass is 16.3. The van der Waals surface area contributed by atoms with Gasteiger partial charge >= 0.3 is 0 Å². The molecule has 2 aromatic heterocycles. The number of pyridine rings is 1. The topological polar surface area (TPSA) is 63.4 Å². The standard InChI is InChI=1S/C21H16N2O3/c1-23(12-14-10-11-22-18-8-4-2-6-15(14)18)21(25)17-13-26-19-9-5-3-7-16(19)20(17)24/h2-11,13H,12H2,1H3. The molecule has 0 saturated carbocycles. The molecule has 0 fully saturated rings. The van der Waals surface area contributed by atoms with Crippen molar-refractivity contribution in [2.24, 2.45) is 0 Å². The van der Waals surface area contributed by atoms with Crippen LogP contribution in [0.25, 0.3) is 21.9 Å². The van der Waals surface area contributed by atoms with Crippen molar-refractivity contribution >= 4 is 27.8 Å². The number of aromatic nitrogens is 1. The van der Waals surface area contributed by atoms with Gasteiger partial charge in [0, 0.05) is 25.2 Å². The number of hydrogen-bond donors (Lipinski definition) is 0. The van der Waals surface area contributed by atoms with Gasteiger partial charge in [0.2, 0.25) is 5.43 Å². The molecule has 0 aliphatic heterocycles. The van der Waals surface area contributed by atoms with Crippen molar-refractivity contribution in [2.45, 2.75) is 6.54 Å². The Morgan fingerprint density at radius 2 is 1.77 bits per heavy atom. The van der Waals surface area contributed by atoms with Crippen molar-refractivity contribution in [1.82, 2.24) is 9.88 Å². The summed E-state index contributed by atoms with van der Waals surface area (Å²) in [5.41, 5.74) is 2.03. The largest absolute Gasteiger partial charge is 0.463 e. The minimum Gasteiger partial charge on any atom is -0.463 e. The van der Waals surface area contributed by atoms with E-state index in [2.05, 4.69) is 4.98 Å². The zero-order valence-corrected chi connectivity index (χ0v) is 14.2. The molecule has 0 aliphatic carbocycles. The quantitative estimate of drug-likeness (QED) is 0.569. The van der Waals surface area contributed by atoms with Crippen molar-refractivity contribution < 1.29 is 9.21 Å². The number of nitrogens with zero attached hydrogens (tertiary/aromatic N) is 2. The van der Waals surface area contributed by atoms with Gasteiger partial charge < -0.3 is 9.32 Å². The summed E-state index contributed by atoms with van der Waals surface area (Å²) in [6.07, 6.45) is 2.97. The maximum atomic E-state index is 12.8. The Morgan fingerprint density at radius 1 is 1.04 bits per heavy atom. The van der Waals surface area contributed by atoms with E-state index >= 15 is 0 Å². The lowest BCUT2D eigenvalue weighted by molar-refractivity contribution is 0.0782. The molecule has 0 atom stereocenters. The lowest BCUT2D eigenvalue weighted by Gasteiger charge is -2.18. The fraction of sp³-hybridized carbons (Fsp3) is 0.0952. The summed E-state index contributed by atoms with van der Waals surface area (Å²) in [4.78, 5) is 31.3. The van der Waals surface area contributed by atoms with Gasteiger partial charge in [-0.15, -0.1) is 0 Å². The van der Waals surface area contributed by atoms with E-state index in [0.29, 0.717) is 17.5 Å². The van der Waals surface area contributed by atoms with Gasteiger partial charge in [0.05, 0.1) is 10.9 Å². The highest BCUT2D eigenvalue weighted by molar-refractivity contribution is 5.96. The average molecular weight is 344 g/mol. The van der Waals surface area contributed by atoms with Crippen LogP contribution in [0.2, 0.25) is 0 Å². The minimum atomic E-state index is -0.370. The number of carbonyl (C=O) groups excluding carboxylic acids is 1. The molecule has 0 bridgehead atoms. The zero-order chi connectivity index (χ0) is 18.1. The Balaban J connectivity index is 1.68. The predicted octanol–water partition coefficient (Wildman–Crippen LogP) is 3.61. The molecule has 0 radical (unpaired) electrons. The van der Waals surface area contributed by atoms with Crippen molar-refractivity contribution in [1.29, 1.82) is 0 Å². The van der Waals surface area contributed by atoms with E-state index < -0.39 is 0 Å². The molecule has 26 heavy (non-hydrogen) atoms. The summed E-state index contributed by atoms with van der Waals surface area (Å²) < 4.78 is 5.46. The van der Waals surface area contributed by atoms with Crippen LogP contribution >= 0.6 is 0 Å². The fourth-order valence-corrected chi connectivity index (χ4v) is 3.05. The molecule has 0 spiro atoms. The molecule has 4 aromatic rings. The van der Waals surface area contributed by atoms with Crippen LogP contribution in [0.1, 0.15) is 15.9 Å². The molecular weight excluding hydrogens is 328 g/mol. The second-order valence-corrected chi connectivity index (χ2v) is 6.12. The van der Waals surface area contributed by atoms with Crippen LogP contribution in [-0.2, 0) is 6.54 Å². The molecule has 1 amide bonds. The van der Waals surface area contributed by atoms with Crippen LogP contribution in [0.15, 0.2) is 76.3 Å². The van der Waals surface area contributed by atoms with E-state index in [1.54, 1.807) is 37.5 Å². The molecule has 2 heterocycles. The number of carbonyl (C=O) groups is 1.